The van der Waals surface area contributed by atoms with Crippen LogP contribution in [0.5, 0.6) is 5.75 Å². The second-order valence-electron chi connectivity index (χ2n) is 7.83. The van der Waals surface area contributed by atoms with E-state index in [1.54, 1.807) is 6.07 Å². The van der Waals surface area contributed by atoms with Crippen LogP contribution in [0, 0.1) is 11.3 Å². The predicted octanol–water partition coefficient (Wildman–Crippen LogP) is 5.35. The van der Waals surface area contributed by atoms with Crippen molar-refractivity contribution in [2.45, 2.75) is 51.5 Å². The van der Waals surface area contributed by atoms with Gasteiger partial charge in [0.25, 0.3) is 5.91 Å². The first-order valence-corrected chi connectivity index (χ1v) is 10.0. The molecule has 0 aliphatic rings. The average Bonchev–Trinajstić information content (AvgIpc) is 3.06. The maximum Gasteiger partial charge on any atom is 0.422 e. The summed E-state index contributed by atoms with van der Waals surface area (Å²) in [6.45, 7) is 3.34. The first-order valence-electron chi connectivity index (χ1n) is 9.19. The van der Waals surface area contributed by atoms with Crippen LogP contribution in [0.3, 0.4) is 0 Å². The average molecular weight is 479 g/mol. The Bertz CT molecular complexity index is 1080. The molecule has 0 spiro atoms. The van der Waals surface area contributed by atoms with Crippen molar-refractivity contribution in [3.8, 4) is 11.8 Å². The van der Waals surface area contributed by atoms with E-state index in [1.807, 2.05) is 20.8 Å². The number of rotatable bonds is 5. The summed E-state index contributed by atoms with van der Waals surface area (Å²) in [7, 11) is 0. The van der Waals surface area contributed by atoms with Crippen molar-refractivity contribution in [3.63, 3.8) is 0 Å². The number of carbonyl (C=O) groups excluding carboxylic acids is 1. The van der Waals surface area contributed by atoms with E-state index >= 15 is 0 Å². The van der Waals surface area contributed by atoms with E-state index in [9.17, 15) is 31.1 Å². The standard InChI is InChI=1S/C20H19F6N3O2S/c1-18(2,3)15-10-29(7-6-19(21,22)23)17(32-15)28-16(30)13-8-12(9-27)4-5-14(13)31-11-20(24,25)26/h4-5,8,10H,6-7,11H2,1-3H3/b28-17-. The number of hydrogen-bond acceptors (Lipinski definition) is 4. The molecular formula is C20H19F6N3O2S. The van der Waals surface area contributed by atoms with Gasteiger partial charge in [-0.1, -0.05) is 20.8 Å². The summed E-state index contributed by atoms with van der Waals surface area (Å²) in [5, 5.41) is 9.05. The molecule has 0 aliphatic heterocycles. The zero-order chi connectivity index (χ0) is 24.3. The minimum atomic E-state index is -4.67. The van der Waals surface area contributed by atoms with Gasteiger partial charge in [0.1, 0.15) is 5.75 Å². The smallest absolute Gasteiger partial charge is 0.422 e. The first-order chi connectivity index (χ1) is 14.6. The molecule has 32 heavy (non-hydrogen) atoms. The van der Waals surface area contributed by atoms with Crippen molar-refractivity contribution in [2.24, 2.45) is 4.99 Å². The highest BCUT2D eigenvalue weighted by atomic mass is 32.1. The quantitative estimate of drug-likeness (QED) is 0.543. The molecule has 0 saturated heterocycles. The van der Waals surface area contributed by atoms with Gasteiger partial charge in [0.2, 0.25) is 0 Å². The van der Waals surface area contributed by atoms with Crippen LogP contribution in [0.25, 0.3) is 0 Å². The van der Waals surface area contributed by atoms with Crippen molar-refractivity contribution in [2.75, 3.05) is 6.61 Å². The van der Waals surface area contributed by atoms with Crippen molar-refractivity contribution < 1.29 is 35.9 Å². The molecule has 5 nitrogen and oxygen atoms in total. The monoisotopic (exact) mass is 479 g/mol. The van der Waals surface area contributed by atoms with Crippen molar-refractivity contribution in [1.82, 2.24) is 4.57 Å². The molecule has 0 aliphatic carbocycles. The SMILES string of the molecule is CC(C)(C)c1cn(CCC(F)(F)F)/c(=N/C(=O)c2cc(C#N)ccc2OCC(F)(F)F)s1. The Labute approximate surface area is 183 Å². The van der Waals surface area contributed by atoms with Gasteiger partial charge in [-0.25, -0.2) is 0 Å². The fourth-order valence-corrected chi connectivity index (χ4v) is 3.49. The molecule has 1 amide bonds. The molecule has 1 aromatic heterocycles. The van der Waals surface area contributed by atoms with Crippen molar-refractivity contribution >= 4 is 17.2 Å². The van der Waals surface area contributed by atoms with Crippen LogP contribution in [0.15, 0.2) is 29.4 Å². The van der Waals surface area contributed by atoms with Gasteiger partial charge in [-0.05, 0) is 23.6 Å². The van der Waals surface area contributed by atoms with Crippen molar-refractivity contribution in [1.29, 1.82) is 5.26 Å². The second kappa shape index (κ2) is 9.36. The molecule has 0 atom stereocenters. The molecule has 1 heterocycles. The Morgan fingerprint density at radius 2 is 1.81 bits per heavy atom. The van der Waals surface area contributed by atoms with Gasteiger partial charge in [-0.15, -0.1) is 11.3 Å². The molecule has 1 aromatic carbocycles. The van der Waals surface area contributed by atoms with Crippen LogP contribution in [0.4, 0.5) is 26.3 Å². The second-order valence-corrected chi connectivity index (χ2v) is 8.84. The Morgan fingerprint density at radius 3 is 2.34 bits per heavy atom. The number of ether oxygens (including phenoxy) is 1. The van der Waals surface area contributed by atoms with E-state index in [4.69, 9.17) is 5.26 Å². The van der Waals surface area contributed by atoms with Gasteiger partial charge in [-0.3, -0.25) is 4.79 Å². The van der Waals surface area contributed by atoms with E-state index in [2.05, 4.69) is 9.73 Å². The molecule has 0 fully saturated rings. The Balaban J connectivity index is 2.52. The number of nitrogens with zero attached hydrogens (tertiary/aromatic N) is 3. The summed E-state index contributed by atoms with van der Waals surface area (Å²) in [4.78, 5) is 17.2. The van der Waals surface area contributed by atoms with E-state index in [0.717, 1.165) is 23.5 Å². The van der Waals surface area contributed by atoms with Gasteiger partial charge >= 0.3 is 12.4 Å². The first kappa shape index (κ1) is 25.5. The molecule has 0 unspecified atom stereocenters. The van der Waals surface area contributed by atoms with Crippen LogP contribution in [0.1, 0.15) is 48.0 Å². The van der Waals surface area contributed by atoms with Crippen LogP contribution >= 0.6 is 11.3 Å². The van der Waals surface area contributed by atoms with Gasteiger partial charge in [-0.2, -0.15) is 36.6 Å². The highest BCUT2D eigenvalue weighted by Gasteiger charge is 2.30. The Kier molecular flexibility index (Phi) is 7.44. The molecule has 0 saturated carbocycles. The van der Waals surface area contributed by atoms with Gasteiger partial charge in [0, 0.05) is 17.6 Å². The summed E-state index contributed by atoms with van der Waals surface area (Å²) in [6, 6.07) is 5.00. The van der Waals surface area contributed by atoms with Gasteiger partial charge in [0.15, 0.2) is 11.4 Å². The third-order valence-electron chi connectivity index (χ3n) is 4.02. The lowest BCUT2D eigenvalue weighted by Gasteiger charge is -2.14. The highest BCUT2D eigenvalue weighted by Crippen LogP contribution is 2.27. The summed E-state index contributed by atoms with van der Waals surface area (Å²) >= 11 is 0.996. The molecular weight excluding hydrogens is 460 g/mol. The van der Waals surface area contributed by atoms with Gasteiger partial charge < -0.3 is 9.30 Å². The molecule has 12 heteroatoms. The molecule has 0 bridgehead atoms. The number of benzene rings is 1. The van der Waals surface area contributed by atoms with E-state index in [-0.39, 0.29) is 10.4 Å². The number of hydrogen-bond donors (Lipinski definition) is 0. The Hall–Kier alpha value is -2.81. The number of aryl methyl sites for hydroxylation is 1. The summed E-state index contributed by atoms with van der Waals surface area (Å²) in [6.07, 6.45) is -8.78. The number of thiazole rings is 1. The van der Waals surface area contributed by atoms with Gasteiger partial charge in [0.05, 0.1) is 23.6 Å². The fourth-order valence-electron chi connectivity index (χ4n) is 2.42. The molecule has 0 radical (unpaired) electrons. The number of aromatic nitrogens is 1. The van der Waals surface area contributed by atoms with Crippen LogP contribution < -0.4 is 9.54 Å². The third kappa shape index (κ3) is 7.40. The third-order valence-corrected chi connectivity index (χ3v) is 5.47. The zero-order valence-electron chi connectivity index (χ0n) is 17.3. The van der Waals surface area contributed by atoms with Crippen molar-refractivity contribution in [3.05, 3.63) is 45.2 Å². The number of halogens is 6. The summed E-state index contributed by atoms with van der Waals surface area (Å²) in [5.41, 5.74) is -0.862. The lowest BCUT2D eigenvalue weighted by Crippen LogP contribution is -2.21. The van der Waals surface area contributed by atoms with E-state index in [0.29, 0.717) is 4.88 Å². The maximum absolute atomic E-state index is 12.8. The lowest BCUT2D eigenvalue weighted by molar-refractivity contribution is -0.153. The molecule has 2 rings (SSSR count). The molecule has 2 aromatic rings. The number of nitriles is 1. The summed E-state index contributed by atoms with van der Waals surface area (Å²) in [5.74, 6) is -1.48. The summed E-state index contributed by atoms with van der Waals surface area (Å²) < 4.78 is 81.6. The number of alkyl halides is 6. The maximum atomic E-state index is 12.8. The van der Waals surface area contributed by atoms with Crippen LogP contribution in [-0.2, 0) is 12.0 Å². The number of carbonyl (C=O) groups is 1. The minimum Gasteiger partial charge on any atom is -0.483 e. The van der Waals surface area contributed by atoms with Crippen LogP contribution in [0.2, 0.25) is 0 Å². The minimum absolute atomic E-state index is 0.0191. The van der Waals surface area contributed by atoms with Crippen LogP contribution in [-0.4, -0.2) is 29.4 Å². The number of amides is 1. The zero-order valence-corrected chi connectivity index (χ0v) is 18.1. The predicted molar refractivity (Wildman–Crippen MR) is 104 cm³/mol. The fraction of sp³-hybridized carbons (Fsp3) is 0.450. The lowest BCUT2D eigenvalue weighted by atomic mass is 9.95. The normalized spacial score (nSPS) is 13.2. The molecule has 174 valence electrons. The van der Waals surface area contributed by atoms with E-state index < -0.39 is 54.6 Å². The van der Waals surface area contributed by atoms with E-state index in [1.165, 1.54) is 16.8 Å². The largest absolute Gasteiger partial charge is 0.483 e. The topological polar surface area (TPSA) is 67.4 Å². The highest BCUT2D eigenvalue weighted by molar-refractivity contribution is 7.09. The Morgan fingerprint density at radius 1 is 1.16 bits per heavy atom. The molecule has 0 N–H and O–H groups in total.